The molecule has 0 saturated carbocycles. The third kappa shape index (κ3) is 65.5. The van der Waals surface area contributed by atoms with E-state index in [0.717, 1.165) is 103 Å². The van der Waals surface area contributed by atoms with Crippen LogP contribution in [0.15, 0.2) is 72.9 Å². The predicted molar refractivity (Wildman–Crippen MR) is 344 cm³/mol. The molecule has 0 aromatic carbocycles. The number of unbranched alkanes of at least 4 members (excludes halogenated alkanes) is 40. The maximum Gasteiger partial charge on any atom is 0.306 e. The Bertz CT molecular complexity index is 1450. The van der Waals surface area contributed by atoms with E-state index in [1.807, 2.05) is 0 Å². The Labute approximate surface area is 491 Å². The van der Waals surface area contributed by atoms with E-state index in [1.165, 1.54) is 212 Å². The van der Waals surface area contributed by atoms with Crippen molar-refractivity contribution in [2.75, 3.05) is 13.2 Å². The van der Waals surface area contributed by atoms with Gasteiger partial charge in [-0.2, -0.15) is 0 Å². The largest absolute Gasteiger partial charge is 0.462 e. The van der Waals surface area contributed by atoms with Gasteiger partial charge in [-0.15, -0.1) is 0 Å². The summed E-state index contributed by atoms with van der Waals surface area (Å²) in [6.07, 6.45) is 87.7. The molecule has 0 rings (SSSR count). The van der Waals surface area contributed by atoms with E-state index in [-0.39, 0.29) is 31.1 Å². The fourth-order valence-electron chi connectivity index (χ4n) is 10.1. The van der Waals surface area contributed by atoms with Crippen molar-refractivity contribution in [3.8, 4) is 0 Å². The van der Waals surface area contributed by atoms with Crippen molar-refractivity contribution in [1.29, 1.82) is 0 Å². The minimum absolute atomic E-state index is 0.0722. The highest BCUT2D eigenvalue weighted by atomic mass is 16.6. The molecule has 6 heteroatoms. The molecule has 0 fully saturated rings. The highest BCUT2D eigenvalue weighted by Crippen LogP contribution is 2.18. The van der Waals surface area contributed by atoms with Crippen molar-refractivity contribution in [2.45, 2.75) is 361 Å². The summed E-state index contributed by atoms with van der Waals surface area (Å²) < 4.78 is 17.0. The first-order chi connectivity index (χ1) is 39.0. The van der Waals surface area contributed by atoms with Gasteiger partial charge in [0, 0.05) is 19.3 Å². The minimum Gasteiger partial charge on any atom is -0.462 e. The SMILES string of the molecule is CC/C=C\C/C=C\C/C=C\C/C=C\C/C=C\C/C=C\CCCCCCCCCCC(=O)OCC(COC(=O)CCCCCCCCCCCCCCCCCC)OC(=O)CCCCCCCCCCCCCCCCCCCC. The summed E-state index contributed by atoms with van der Waals surface area (Å²) in [5, 5.41) is 0. The van der Waals surface area contributed by atoms with Crippen LogP contribution in [0.3, 0.4) is 0 Å². The molecule has 0 radical (unpaired) electrons. The van der Waals surface area contributed by atoms with E-state index in [0.29, 0.717) is 19.3 Å². The molecule has 0 aliphatic rings. The molecule has 0 bridgehead atoms. The number of rotatable bonds is 63. The number of hydrogen-bond donors (Lipinski definition) is 0. The maximum atomic E-state index is 12.9. The fourth-order valence-corrected chi connectivity index (χ4v) is 10.1. The summed E-state index contributed by atoms with van der Waals surface area (Å²) in [6.45, 7) is 6.58. The Morgan fingerprint density at radius 1 is 0.266 bits per heavy atom. The molecule has 79 heavy (non-hydrogen) atoms. The summed E-state index contributed by atoms with van der Waals surface area (Å²) in [6, 6.07) is 0. The number of carbonyl (C=O) groups is 3. The van der Waals surface area contributed by atoms with Crippen LogP contribution in [0.4, 0.5) is 0 Å². The highest BCUT2D eigenvalue weighted by Gasteiger charge is 2.19. The topological polar surface area (TPSA) is 78.9 Å². The van der Waals surface area contributed by atoms with Crippen LogP contribution in [0.25, 0.3) is 0 Å². The molecule has 1 unspecified atom stereocenters. The smallest absolute Gasteiger partial charge is 0.306 e. The maximum absolute atomic E-state index is 12.9. The average molecular weight is 1100 g/mol. The van der Waals surface area contributed by atoms with Crippen LogP contribution in [0.5, 0.6) is 0 Å². The van der Waals surface area contributed by atoms with Gasteiger partial charge in [0.25, 0.3) is 0 Å². The number of esters is 3. The van der Waals surface area contributed by atoms with E-state index in [1.54, 1.807) is 0 Å². The summed E-state index contributed by atoms with van der Waals surface area (Å²) >= 11 is 0. The van der Waals surface area contributed by atoms with Gasteiger partial charge in [0.15, 0.2) is 6.10 Å². The average Bonchev–Trinajstić information content (AvgIpc) is 3.45. The van der Waals surface area contributed by atoms with Gasteiger partial charge in [0.2, 0.25) is 0 Å². The third-order valence-electron chi connectivity index (χ3n) is 15.2. The van der Waals surface area contributed by atoms with Crippen molar-refractivity contribution in [3.63, 3.8) is 0 Å². The van der Waals surface area contributed by atoms with E-state index in [2.05, 4.69) is 93.7 Å². The lowest BCUT2D eigenvalue weighted by Crippen LogP contribution is -2.30. The summed E-state index contributed by atoms with van der Waals surface area (Å²) in [5.74, 6) is -0.857. The lowest BCUT2D eigenvalue weighted by atomic mass is 10.0. The third-order valence-corrected chi connectivity index (χ3v) is 15.2. The second-order valence-electron chi connectivity index (χ2n) is 23.1. The van der Waals surface area contributed by atoms with Crippen molar-refractivity contribution in [3.05, 3.63) is 72.9 Å². The van der Waals surface area contributed by atoms with Gasteiger partial charge in [0.05, 0.1) is 0 Å². The molecule has 0 spiro atoms. The van der Waals surface area contributed by atoms with Crippen molar-refractivity contribution in [2.24, 2.45) is 0 Å². The first-order valence-corrected chi connectivity index (χ1v) is 34.4. The monoisotopic (exact) mass is 1100 g/mol. The quantitative estimate of drug-likeness (QED) is 0.0261. The van der Waals surface area contributed by atoms with Crippen LogP contribution >= 0.6 is 0 Å². The van der Waals surface area contributed by atoms with Crippen LogP contribution < -0.4 is 0 Å². The normalized spacial score (nSPS) is 12.5. The summed E-state index contributed by atoms with van der Waals surface area (Å²) in [5.41, 5.74) is 0. The van der Waals surface area contributed by atoms with E-state index in [4.69, 9.17) is 14.2 Å². The van der Waals surface area contributed by atoms with Crippen LogP contribution in [-0.4, -0.2) is 37.2 Å². The lowest BCUT2D eigenvalue weighted by molar-refractivity contribution is -0.167. The second-order valence-corrected chi connectivity index (χ2v) is 23.1. The molecule has 6 nitrogen and oxygen atoms in total. The molecule has 0 amide bonds. The van der Waals surface area contributed by atoms with Gasteiger partial charge in [-0.3, -0.25) is 14.4 Å². The molecular weight excluding hydrogens is 973 g/mol. The Hall–Kier alpha value is -3.15. The van der Waals surface area contributed by atoms with Crippen LogP contribution in [-0.2, 0) is 28.6 Å². The Kier molecular flexibility index (Phi) is 64.7. The zero-order chi connectivity index (χ0) is 57.1. The van der Waals surface area contributed by atoms with Gasteiger partial charge in [-0.25, -0.2) is 0 Å². The van der Waals surface area contributed by atoms with Gasteiger partial charge >= 0.3 is 17.9 Å². The molecular formula is C73H130O6. The minimum atomic E-state index is -0.777. The van der Waals surface area contributed by atoms with Crippen molar-refractivity contribution in [1.82, 2.24) is 0 Å². The first kappa shape index (κ1) is 75.8. The molecule has 0 aromatic heterocycles. The molecule has 0 heterocycles. The number of hydrogen-bond acceptors (Lipinski definition) is 6. The molecule has 458 valence electrons. The fraction of sp³-hybridized carbons (Fsp3) is 0.795. The Balaban J connectivity index is 4.32. The van der Waals surface area contributed by atoms with E-state index >= 15 is 0 Å². The van der Waals surface area contributed by atoms with Gasteiger partial charge in [-0.05, 0) is 70.6 Å². The van der Waals surface area contributed by atoms with E-state index in [9.17, 15) is 14.4 Å². The van der Waals surface area contributed by atoms with Crippen LogP contribution in [0, 0.1) is 0 Å². The zero-order valence-corrected chi connectivity index (χ0v) is 52.6. The van der Waals surface area contributed by atoms with Gasteiger partial charge in [-0.1, -0.05) is 338 Å². The lowest BCUT2D eigenvalue weighted by Gasteiger charge is -2.18. The standard InChI is InChI=1S/C73H130O6/c1-4-7-10-13-16-19-22-25-28-31-33-34-35-36-37-38-39-40-41-43-45-48-51-54-57-60-63-66-72(75)78-69-70(68-77-71(74)65-62-59-56-53-50-47-44-30-27-24-21-18-15-12-9-6-3)79-73(76)67-64-61-58-55-52-49-46-42-32-29-26-23-20-17-14-11-8-5-2/h7,10,16,19,25,28,33-34,36-37,39-40,70H,4-6,8-9,11-15,17-18,20-24,26-27,29-32,35,38,41-69H2,1-3H3/b10-7-,19-16-,28-25-,34-33-,37-36-,40-39-. The van der Waals surface area contributed by atoms with E-state index < -0.39 is 6.10 Å². The molecule has 1 atom stereocenters. The van der Waals surface area contributed by atoms with Crippen molar-refractivity contribution >= 4 is 17.9 Å². The molecule has 0 N–H and O–H groups in total. The number of ether oxygens (including phenoxy) is 3. The second kappa shape index (κ2) is 67.4. The first-order valence-electron chi connectivity index (χ1n) is 34.4. The number of carbonyl (C=O) groups excluding carboxylic acids is 3. The number of allylic oxidation sites excluding steroid dienone is 12. The summed E-state index contributed by atoms with van der Waals surface area (Å²) in [4.78, 5) is 38.4. The molecule has 0 aliphatic heterocycles. The predicted octanol–water partition coefficient (Wildman–Crippen LogP) is 23.7. The summed E-state index contributed by atoms with van der Waals surface area (Å²) in [7, 11) is 0. The zero-order valence-electron chi connectivity index (χ0n) is 52.6. The Morgan fingerprint density at radius 2 is 0.494 bits per heavy atom. The molecule has 0 aliphatic carbocycles. The van der Waals surface area contributed by atoms with Crippen molar-refractivity contribution < 1.29 is 28.6 Å². The molecule has 0 aromatic rings. The molecule has 0 saturated heterocycles. The Morgan fingerprint density at radius 3 is 0.772 bits per heavy atom. The van der Waals surface area contributed by atoms with Crippen LogP contribution in [0.1, 0.15) is 355 Å². The highest BCUT2D eigenvalue weighted by molar-refractivity contribution is 5.71. The van der Waals surface area contributed by atoms with Gasteiger partial charge in [0.1, 0.15) is 13.2 Å². The van der Waals surface area contributed by atoms with Crippen LogP contribution in [0.2, 0.25) is 0 Å². The van der Waals surface area contributed by atoms with Gasteiger partial charge < -0.3 is 14.2 Å².